The molecule has 0 bridgehead atoms. The van der Waals surface area contributed by atoms with E-state index in [2.05, 4.69) is 17.1 Å². The van der Waals surface area contributed by atoms with Gasteiger partial charge in [-0.1, -0.05) is 6.92 Å². The summed E-state index contributed by atoms with van der Waals surface area (Å²) in [6.45, 7) is 7.22. The molecule has 2 unspecified atom stereocenters. The lowest BCUT2D eigenvalue weighted by atomic mass is 10.2. The standard InChI is InChI=1S/C19H25N3O4/c1-4-5-17-20-21-19(26-17)15-6-8-16(9-7-15)24-12-18(23)22-10-13(2)25-14(3)11-22/h6-9,13-14H,4-5,10-12H2,1-3H3. The van der Waals surface area contributed by atoms with E-state index in [1.54, 1.807) is 17.0 Å². The molecule has 0 N–H and O–H groups in total. The Bertz CT molecular complexity index is 719. The summed E-state index contributed by atoms with van der Waals surface area (Å²) >= 11 is 0. The van der Waals surface area contributed by atoms with Gasteiger partial charge in [-0.25, -0.2) is 0 Å². The fourth-order valence-electron chi connectivity index (χ4n) is 3.00. The minimum atomic E-state index is -0.0304. The molecule has 1 fully saturated rings. The van der Waals surface area contributed by atoms with Crippen molar-refractivity contribution in [3.63, 3.8) is 0 Å². The summed E-state index contributed by atoms with van der Waals surface area (Å²) in [5, 5.41) is 8.07. The molecule has 2 heterocycles. The highest BCUT2D eigenvalue weighted by atomic mass is 16.5. The van der Waals surface area contributed by atoms with Crippen LogP contribution in [0.5, 0.6) is 5.75 Å². The van der Waals surface area contributed by atoms with Crippen molar-refractivity contribution in [2.45, 2.75) is 45.8 Å². The number of carbonyl (C=O) groups is 1. The van der Waals surface area contributed by atoms with Gasteiger partial charge in [0, 0.05) is 25.1 Å². The molecule has 140 valence electrons. The molecule has 1 aromatic heterocycles. The van der Waals surface area contributed by atoms with Crippen molar-refractivity contribution in [3.05, 3.63) is 30.2 Å². The van der Waals surface area contributed by atoms with Crippen molar-refractivity contribution >= 4 is 5.91 Å². The first-order chi connectivity index (χ1) is 12.5. The second-order valence-corrected chi connectivity index (χ2v) is 6.62. The molecule has 1 aliphatic heterocycles. The fourth-order valence-corrected chi connectivity index (χ4v) is 3.00. The van der Waals surface area contributed by atoms with E-state index in [0.29, 0.717) is 30.6 Å². The number of aromatic nitrogens is 2. The lowest BCUT2D eigenvalue weighted by Gasteiger charge is -2.35. The number of ether oxygens (including phenoxy) is 2. The van der Waals surface area contributed by atoms with E-state index in [1.165, 1.54) is 0 Å². The van der Waals surface area contributed by atoms with E-state index < -0.39 is 0 Å². The average molecular weight is 359 g/mol. The van der Waals surface area contributed by atoms with Crippen LogP contribution >= 0.6 is 0 Å². The lowest BCUT2D eigenvalue weighted by molar-refractivity contribution is -0.145. The summed E-state index contributed by atoms with van der Waals surface area (Å²) in [5.74, 6) is 1.73. The molecule has 1 amide bonds. The van der Waals surface area contributed by atoms with Crippen molar-refractivity contribution in [2.24, 2.45) is 0 Å². The molecular formula is C19H25N3O4. The summed E-state index contributed by atoms with van der Waals surface area (Å²) in [7, 11) is 0. The zero-order valence-corrected chi connectivity index (χ0v) is 15.5. The zero-order valence-electron chi connectivity index (χ0n) is 15.5. The van der Waals surface area contributed by atoms with E-state index >= 15 is 0 Å². The number of hydrogen-bond acceptors (Lipinski definition) is 6. The van der Waals surface area contributed by atoms with E-state index in [0.717, 1.165) is 18.4 Å². The molecule has 7 heteroatoms. The molecule has 0 saturated carbocycles. The Morgan fingerprint density at radius 2 is 1.88 bits per heavy atom. The van der Waals surface area contributed by atoms with E-state index in [4.69, 9.17) is 13.9 Å². The van der Waals surface area contributed by atoms with Crippen LogP contribution in [0.1, 0.15) is 33.1 Å². The summed E-state index contributed by atoms with van der Waals surface area (Å²) in [5.41, 5.74) is 0.828. The van der Waals surface area contributed by atoms with Gasteiger partial charge in [0.15, 0.2) is 6.61 Å². The monoisotopic (exact) mass is 359 g/mol. The normalized spacial score (nSPS) is 20.2. The zero-order chi connectivity index (χ0) is 18.5. The van der Waals surface area contributed by atoms with E-state index in [1.807, 2.05) is 26.0 Å². The second-order valence-electron chi connectivity index (χ2n) is 6.62. The first-order valence-corrected chi connectivity index (χ1v) is 9.04. The van der Waals surface area contributed by atoms with Gasteiger partial charge in [-0.2, -0.15) is 0 Å². The molecule has 1 aromatic carbocycles. The summed E-state index contributed by atoms with van der Waals surface area (Å²) in [4.78, 5) is 14.1. The molecule has 26 heavy (non-hydrogen) atoms. The van der Waals surface area contributed by atoms with Crippen LogP contribution in [0, 0.1) is 0 Å². The Labute approximate surface area is 153 Å². The lowest BCUT2D eigenvalue weighted by Crippen LogP contribution is -2.49. The van der Waals surface area contributed by atoms with Gasteiger partial charge in [0.1, 0.15) is 5.75 Å². The van der Waals surface area contributed by atoms with Crippen LogP contribution < -0.4 is 4.74 Å². The van der Waals surface area contributed by atoms with E-state index in [-0.39, 0.29) is 24.7 Å². The quantitative estimate of drug-likeness (QED) is 0.789. The van der Waals surface area contributed by atoms with Gasteiger partial charge in [-0.15, -0.1) is 10.2 Å². The summed E-state index contributed by atoms with van der Waals surface area (Å²) in [6.07, 6.45) is 1.83. The number of aryl methyl sites for hydroxylation is 1. The van der Waals surface area contributed by atoms with Gasteiger partial charge in [0.25, 0.3) is 5.91 Å². The predicted molar refractivity (Wildman–Crippen MR) is 95.8 cm³/mol. The minimum absolute atomic E-state index is 0.0139. The van der Waals surface area contributed by atoms with Crippen LogP contribution in [0.4, 0.5) is 0 Å². The van der Waals surface area contributed by atoms with Crippen LogP contribution in [0.15, 0.2) is 28.7 Å². The smallest absolute Gasteiger partial charge is 0.260 e. The number of rotatable bonds is 6. The molecule has 0 spiro atoms. The molecule has 1 saturated heterocycles. The summed E-state index contributed by atoms with van der Waals surface area (Å²) in [6, 6.07) is 7.30. The maximum absolute atomic E-state index is 12.3. The summed E-state index contributed by atoms with van der Waals surface area (Å²) < 4.78 is 16.9. The van der Waals surface area contributed by atoms with Crippen molar-refractivity contribution in [2.75, 3.05) is 19.7 Å². The maximum Gasteiger partial charge on any atom is 0.260 e. The first kappa shape index (κ1) is 18.4. The molecule has 0 radical (unpaired) electrons. The average Bonchev–Trinajstić information content (AvgIpc) is 3.08. The number of amides is 1. The molecule has 3 rings (SSSR count). The number of benzene rings is 1. The van der Waals surface area contributed by atoms with Crippen molar-refractivity contribution in [1.82, 2.24) is 15.1 Å². The van der Waals surface area contributed by atoms with Crippen LogP contribution in [-0.4, -0.2) is 52.9 Å². The van der Waals surface area contributed by atoms with Gasteiger partial charge in [0.2, 0.25) is 11.8 Å². The molecule has 2 aromatic rings. The second kappa shape index (κ2) is 8.31. The van der Waals surface area contributed by atoms with E-state index in [9.17, 15) is 4.79 Å². The number of carbonyl (C=O) groups excluding carboxylic acids is 1. The first-order valence-electron chi connectivity index (χ1n) is 9.04. The molecule has 0 aliphatic carbocycles. The third-order valence-corrected chi connectivity index (χ3v) is 4.17. The van der Waals surface area contributed by atoms with Crippen LogP contribution in [-0.2, 0) is 16.0 Å². The largest absolute Gasteiger partial charge is 0.484 e. The third kappa shape index (κ3) is 4.60. The predicted octanol–water partition coefficient (Wildman–Crippen LogP) is 2.70. The number of morpholine rings is 1. The highest BCUT2D eigenvalue weighted by molar-refractivity contribution is 5.78. The molecular weight excluding hydrogens is 334 g/mol. The molecule has 1 aliphatic rings. The van der Waals surface area contributed by atoms with Gasteiger partial charge in [-0.05, 0) is 44.5 Å². The Morgan fingerprint density at radius 3 is 2.54 bits per heavy atom. The Morgan fingerprint density at radius 1 is 1.19 bits per heavy atom. The molecule has 2 atom stereocenters. The Kier molecular flexibility index (Phi) is 5.88. The van der Waals surface area contributed by atoms with Crippen molar-refractivity contribution < 1.29 is 18.7 Å². The SMILES string of the molecule is CCCc1nnc(-c2ccc(OCC(=O)N3CC(C)OC(C)C3)cc2)o1. The fraction of sp³-hybridized carbons (Fsp3) is 0.526. The van der Waals surface area contributed by atoms with Crippen molar-refractivity contribution in [3.8, 4) is 17.2 Å². The van der Waals surface area contributed by atoms with Gasteiger partial charge in [-0.3, -0.25) is 4.79 Å². The van der Waals surface area contributed by atoms with Crippen LogP contribution in [0.2, 0.25) is 0 Å². The Hall–Kier alpha value is -2.41. The number of hydrogen-bond donors (Lipinski definition) is 0. The highest BCUT2D eigenvalue weighted by Gasteiger charge is 2.25. The molecule has 7 nitrogen and oxygen atoms in total. The topological polar surface area (TPSA) is 77.7 Å². The Balaban J connectivity index is 1.54. The maximum atomic E-state index is 12.3. The van der Waals surface area contributed by atoms with Gasteiger partial charge >= 0.3 is 0 Å². The minimum Gasteiger partial charge on any atom is -0.484 e. The third-order valence-electron chi connectivity index (χ3n) is 4.17. The highest BCUT2D eigenvalue weighted by Crippen LogP contribution is 2.22. The number of nitrogens with zero attached hydrogens (tertiary/aromatic N) is 3. The van der Waals surface area contributed by atoms with Gasteiger partial charge in [0.05, 0.1) is 12.2 Å². The van der Waals surface area contributed by atoms with Crippen LogP contribution in [0.25, 0.3) is 11.5 Å². The van der Waals surface area contributed by atoms with Gasteiger partial charge < -0.3 is 18.8 Å². The van der Waals surface area contributed by atoms with Crippen LogP contribution in [0.3, 0.4) is 0 Å². The van der Waals surface area contributed by atoms with Crippen molar-refractivity contribution in [1.29, 1.82) is 0 Å².